The summed E-state index contributed by atoms with van der Waals surface area (Å²) in [6, 6.07) is 19.6. The molecule has 1 N–H and O–H groups in total. The molecular formula is C24H26N4O2. The molecule has 6 heteroatoms. The average Bonchev–Trinajstić information content (AvgIpc) is 2.79. The van der Waals surface area contributed by atoms with E-state index >= 15 is 0 Å². The van der Waals surface area contributed by atoms with Crippen molar-refractivity contribution in [2.45, 2.75) is 19.8 Å². The van der Waals surface area contributed by atoms with Crippen LogP contribution >= 0.6 is 0 Å². The lowest BCUT2D eigenvalue weighted by atomic mass is 9.97. The zero-order chi connectivity index (χ0) is 20.9. The Balaban J connectivity index is 1.42. The van der Waals surface area contributed by atoms with Crippen molar-refractivity contribution in [1.82, 2.24) is 10.2 Å². The number of aromatic nitrogens is 2. The molecule has 154 valence electrons. The fraction of sp³-hybridized carbons (Fsp3) is 0.292. The van der Waals surface area contributed by atoms with E-state index in [4.69, 9.17) is 4.74 Å². The zero-order valence-corrected chi connectivity index (χ0v) is 17.3. The fourth-order valence-corrected chi connectivity index (χ4v) is 3.80. The van der Waals surface area contributed by atoms with Gasteiger partial charge in [-0.3, -0.25) is 4.79 Å². The quantitative estimate of drug-likeness (QED) is 0.689. The fourth-order valence-electron chi connectivity index (χ4n) is 3.80. The van der Waals surface area contributed by atoms with E-state index in [2.05, 4.69) is 39.5 Å². The maximum atomic E-state index is 12.8. The van der Waals surface area contributed by atoms with Gasteiger partial charge in [-0.2, -0.15) is 0 Å². The van der Waals surface area contributed by atoms with Crippen LogP contribution in [0.1, 0.15) is 18.4 Å². The lowest BCUT2D eigenvalue weighted by Gasteiger charge is -2.32. The molecule has 1 amide bonds. The summed E-state index contributed by atoms with van der Waals surface area (Å²) in [5.74, 6) is 1.47. The van der Waals surface area contributed by atoms with E-state index < -0.39 is 0 Å². The molecule has 1 atom stereocenters. The van der Waals surface area contributed by atoms with Crippen molar-refractivity contribution < 1.29 is 9.53 Å². The van der Waals surface area contributed by atoms with Gasteiger partial charge in [-0.25, -0.2) is 0 Å². The van der Waals surface area contributed by atoms with Gasteiger partial charge in [0.25, 0.3) is 0 Å². The number of amides is 1. The molecule has 0 bridgehead atoms. The molecule has 1 aliphatic heterocycles. The highest BCUT2D eigenvalue weighted by Gasteiger charge is 2.27. The van der Waals surface area contributed by atoms with Crippen molar-refractivity contribution in [2.24, 2.45) is 5.92 Å². The Labute approximate surface area is 176 Å². The second-order valence-corrected chi connectivity index (χ2v) is 7.65. The summed E-state index contributed by atoms with van der Waals surface area (Å²) < 4.78 is 5.23. The number of carbonyl (C=O) groups excluding carboxylic acids is 1. The normalized spacial score (nSPS) is 16.2. The van der Waals surface area contributed by atoms with Crippen molar-refractivity contribution in [2.75, 3.05) is 30.4 Å². The summed E-state index contributed by atoms with van der Waals surface area (Å²) in [7, 11) is 1.62. The van der Waals surface area contributed by atoms with Crippen LogP contribution in [0.4, 0.5) is 11.5 Å². The molecule has 6 nitrogen and oxygen atoms in total. The Bertz CT molecular complexity index is 1020. The highest BCUT2D eigenvalue weighted by Crippen LogP contribution is 2.25. The van der Waals surface area contributed by atoms with Gasteiger partial charge in [0, 0.05) is 30.4 Å². The number of aryl methyl sites for hydroxylation is 1. The van der Waals surface area contributed by atoms with E-state index in [1.165, 1.54) is 5.56 Å². The third-order valence-corrected chi connectivity index (χ3v) is 5.42. The molecule has 0 radical (unpaired) electrons. The van der Waals surface area contributed by atoms with Gasteiger partial charge in [-0.1, -0.05) is 29.8 Å². The van der Waals surface area contributed by atoms with Crippen molar-refractivity contribution in [1.29, 1.82) is 0 Å². The Morgan fingerprint density at radius 3 is 2.73 bits per heavy atom. The molecule has 1 saturated heterocycles. The molecule has 2 heterocycles. The minimum Gasteiger partial charge on any atom is -0.497 e. The van der Waals surface area contributed by atoms with Gasteiger partial charge < -0.3 is 15.0 Å². The number of carbonyl (C=O) groups is 1. The Morgan fingerprint density at radius 2 is 1.97 bits per heavy atom. The summed E-state index contributed by atoms with van der Waals surface area (Å²) in [6.45, 7) is 3.57. The second-order valence-electron chi connectivity index (χ2n) is 7.65. The molecule has 1 fully saturated rings. The van der Waals surface area contributed by atoms with Crippen LogP contribution < -0.4 is 15.0 Å². The third kappa shape index (κ3) is 4.59. The van der Waals surface area contributed by atoms with Crippen molar-refractivity contribution in [3.05, 3.63) is 66.2 Å². The highest BCUT2D eigenvalue weighted by atomic mass is 16.5. The summed E-state index contributed by atoms with van der Waals surface area (Å²) >= 11 is 0. The summed E-state index contributed by atoms with van der Waals surface area (Å²) in [5.41, 5.74) is 3.85. The van der Waals surface area contributed by atoms with Crippen LogP contribution in [0.15, 0.2) is 60.7 Å². The monoisotopic (exact) mass is 402 g/mol. The van der Waals surface area contributed by atoms with Gasteiger partial charge in [-0.05, 0) is 50.1 Å². The zero-order valence-electron chi connectivity index (χ0n) is 17.3. The Morgan fingerprint density at radius 1 is 1.10 bits per heavy atom. The van der Waals surface area contributed by atoms with E-state index in [-0.39, 0.29) is 11.8 Å². The summed E-state index contributed by atoms with van der Waals surface area (Å²) in [4.78, 5) is 14.9. The van der Waals surface area contributed by atoms with Crippen molar-refractivity contribution in [3.63, 3.8) is 0 Å². The number of piperidine rings is 1. The van der Waals surface area contributed by atoms with Crippen LogP contribution in [-0.4, -0.2) is 36.3 Å². The molecule has 2 aromatic carbocycles. The first-order valence-corrected chi connectivity index (χ1v) is 10.2. The molecule has 0 aliphatic carbocycles. The number of hydrogen-bond donors (Lipinski definition) is 1. The summed E-state index contributed by atoms with van der Waals surface area (Å²) in [6.07, 6.45) is 1.80. The van der Waals surface area contributed by atoms with E-state index in [1.807, 2.05) is 48.5 Å². The number of nitrogens with one attached hydrogen (secondary N) is 1. The second kappa shape index (κ2) is 8.95. The first-order valence-electron chi connectivity index (χ1n) is 10.2. The number of rotatable bonds is 5. The number of nitrogens with zero attached hydrogens (tertiary/aromatic N) is 3. The van der Waals surface area contributed by atoms with Crippen molar-refractivity contribution in [3.8, 4) is 17.0 Å². The predicted octanol–water partition coefficient (Wildman–Crippen LogP) is 4.32. The number of methoxy groups -OCH3 is 1. The van der Waals surface area contributed by atoms with Gasteiger partial charge in [0.1, 0.15) is 5.75 Å². The SMILES string of the molecule is COc1cccc(NC(=O)[C@@H]2CCCN(c3ccc(-c4cccc(C)c4)nn3)C2)c1. The Hall–Kier alpha value is -3.41. The number of anilines is 2. The van der Waals surface area contributed by atoms with Crippen LogP contribution in [0, 0.1) is 12.8 Å². The van der Waals surface area contributed by atoms with Crippen LogP contribution in [0.5, 0.6) is 5.75 Å². The average molecular weight is 402 g/mol. The smallest absolute Gasteiger partial charge is 0.229 e. The number of ether oxygens (including phenoxy) is 1. The predicted molar refractivity (Wildman–Crippen MR) is 119 cm³/mol. The molecular weight excluding hydrogens is 376 g/mol. The van der Waals surface area contributed by atoms with Gasteiger partial charge in [0.05, 0.1) is 18.7 Å². The third-order valence-electron chi connectivity index (χ3n) is 5.42. The topological polar surface area (TPSA) is 67.3 Å². The number of hydrogen-bond acceptors (Lipinski definition) is 5. The van der Waals surface area contributed by atoms with Crippen LogP contribution in [-0.2, 0) is 4.79 Å². The minimum atomic E-state index is -0.0943. The van der Waals surface area contributed by atoms with Crippen LogP contribution in [0.3, 0.4) is 0 Å². The molecule has 1 aromatic heterocycles. The molecule has 1 aliphatic rings. The number of benzene rings is 2. The first kappa shape index (κ1) is 19.9. The molecule has 30 heavy (non-hydrogen) atoms. The molecule has 3 aromatic rings. The molecule has 0 saturated carbocycles. The molecule has 0 unspecified atom stereocenters. The standard InChI is InChI=1S/C24H26N4O2/c1-17-6-3-7-18(14-17)22-11-12-23(27-26-22)28-13-5-8-19(16-28)24(29)25-20-9-4-10-21(15-20)30-2/h3-4,6-7,9-12,14-15,19H,5,8,13,16H2,1-2H3,(H,25,29)/t19-/m1/s1. The van der Waals surface area contributed by atoms with Crippen LogP contribution in [0.25, 0.3) is 11.3 Å². The van der Waals surface area contributed by atoms with Gasteiger partial charge in [0.15, 0.2) is 5.82 Å². The molecule has 4 rings (SSSR count). The van der Waals surface area contributed by atoms with E-state index in [1.54, 1.807) is 7.11 Å². The lowest BCUT2D eigenvalue weighted by Crippen LogP contribution is -2.41. The van der Waals surface area contributed by atoms with Gasteiger partial charge in [0.2, 0.25) is 5.91 Å². The largest absolute Gasteiger partial charge is 0.497 e. The van der Waals surface area contributed by atoms with E-state index in [0.29, 0.717) is 6.54 Å². The Kier molecular flexibility index (Phi) is 5.93. The maximum absolute atomic E-state index is 12.8. The van der Waals surface area contributed by atoms with Crippen molar-refractivity contribution >= 4 is 17.4 Å². The minimum absolute atomic E-state index is 0.0253. The van der Waals surface area contributed by atoms with Gasteiger partial charge in [-0.15, -0.1) is 10.2 Å². The van der Waals surface area contributed by atoms with Gasteiger partial charge >= 0.3 is 0 Å². The first-order chi connectivity index (χ1) is 14.6. The maximum Gasteiger partial charge on any atom is 0.229 e. The van der Waals surface area contributed by atoms with Crippen LogP contribution in [0.2, 0.25) is 0 Å². The lowest BCUT2D eigenvalue weighted by molar-refractivity contribution is -0.120. The highest BCUT2D eigenvalue weighted by molar-refractivity contribution is 5.93. The summed E-state index contributed by atoms with van der Waals surface area (Å²) in [5, 5.41) is 11.9. The van der Waals surface area contributed by atoms with E-state index in [0.717, 1.165) is 47.9 Å². The van der Waals surface area contributed by atoms with E-state index in [9.17, 15) is 4.79 Å². The molecule has 0 spiro atoms.